The largest absolute Gasteiger partial charge is 0.461 e. The Bertz CT molecular complexity index is 808. The van der Waals surface area contributed by atoms with E-state index in [0.29, 0.717) is 5.75 Å². The molecule has 5 atom stereocenters. The van der Waals surface area contributed by atoms with E-state index in [1.54, 1.807) is 6.07 Å². The summed E-state index contributed by atoms with van der Waals surface area (Å²) in [7, 11) is 0. The van der Waals surface area contributed by atoms with Crippen LogP contribution in [0.5, 0.6) is 5.75 Å². The maximum absolute atomic E-state index is 10.3. The van der Waals surface area contributed by atoms with Gasteiger partial charge in [0, 0.05) is 30.2 Å². The van der Waals surface area contributed by atoms with E-state index in [1.807, 2.05) is 24.4 Å². The molecule has 0 saturated carbocycles. The number of nitrogens with zero attached hydrogens (tertiary/aromatic N) is 1. The van der Waals surface area contributed by atoms with Gasteiger partial charge in [-0.1, -0.05) is 19.1 Å². The molecule has 0 amide bonds. The molecule has 2 heterocycles. The molecule has 5 unspecified atom stereocenters. The molecule has 1 aromatic carbocycles. The smallest absolute Gasteiger partial charge is 0.229 e. The van der Waals surface area contributed by atoms with E-state index < -0.39 is 37.3 Å². The monoisotopic (exact) mass is 406 g/mol. The first-order chi connectivity index (χ1) is 14.0. The summed E-state index contributed by atoms with van der Waals surface area (Å²) in [5.41, 5.74) is 1.94. The van der Waals surface area contributed by atoms with Crippen LogP contribution in [0.3, 0.4) is 0 Å². The number of hydrogen-bond donors (Lipinski definition) is 5. The average molecular weight is 406 g/mol. The minimum absolute atomic E-state index is 0.495. The number of nitrogens with one attached hydrogen (secondary N) is 1. The molecule has 160 valence electrons. The maximum atomic E-state index is 10.3. The van der Waals surface area contributed by atoms with Crippen molar-refractivity contribution >= 4 is 10.9 Å². The molecular formula is C21H30N2O6. The van der Waals surface area contributed by atoms with Crippen LogP contribution in [0, 0.1) is 0 Å². The summed E-state index contributed by atoms with van der Waals surface area (Å²) >= 11 is 0. The van der Waals surface area contributed by atoms with Crippen LogP contribution < -0.4 is 4.74 Å². The first-order valence-electron chi connectivity index (χ1n) is 9.89. The molecule has 2 aromatic rings. The second-order valence-corrected chi connectivity index (χ2v) is 7.24. The standard InChI is InChI=1S/C21H30N2O6/c1-3-9-23(4-2)10-8-13-11-22-14-6-5-7-15(17(13)14)28-21-20(27)19(26)18(25)16(12-24)29-21/h3,5-7,11,16,18-22,24-27H,1,4,8-10,12H2,2H3. The van der Waals surface area contributed by atoms with Crippen molar-refractivity contribution in [2.75, 3.05) is 26.2 Å². The first-order valence-corrected chi connectivity index (χ1v) is 9.89. The number of rotatable bonds is 9. The van der Waals surface area contributed by atoms with Crippen molar-refractivity contribution in [1.82, 2.24) is 9.88 Å². The number of likely N-dealkylation sites (N-methyl/N-ethyl adjacent to an activating group) is 1. The zero-order chi connectivity index (χ0) is 21.0. The van der Waals surface area contributed by atoms with Crippen molar-refractivity contribution in [3.8, 4) is 5.75 Å². The quantitative estimate of drug-likeness (QED) is 0.383. The Morgan fingerprint density at radius 1 is 1.24 bits per heavy atom. The Hall–Kier alpha value is -1.94. The van der Waals surface area contributed by atoms with E-state index in [9.17, 15) is 20.4 Å². The van der Waals surface area contributed by atoms with Crippen LogP contribution in [0.4, 0.5) is 0 Å². The fourth-order valence-electron chi connectivity index (χ4n) is 3.64. The molecular weight excluding hydrogens is 376 g/mol. The van der Waals surface area contributed by atoms with Gasteiger partial charge in [-0.3, -0.25) is 4.90 Å². The third-order valence-corrected chi connectivity index (χ3v) is 5.37. The number of H-pyrrole nitrogens is 1. The minimum atomic E-state index is -1.48. The van der Waals surface area contributed by atoms with Gasteiger partial charge in [-0.15, -0.1) is 6.58 Å². The third kappa shape index (κ3) is 4.63. The van der Waals surface area contributed by atoms with Crippen LogP contribution >= 0.6 is 0 Å². The lowest BCUT2D eigenvalue weighted by atomic mass is 9.99. The molecule has 0 spiro atoms. The Labute approximate surface area is 170 Å². The van der Waals surface area contributed by atoms with E-state index in [1.165, 1.54) is 0 Å². The first kappa shape index (κ1) is 21.8. The predicted octanol–water partition coefficient (Wildman–Crippen LogP) is 0.397. The zero-order valence-electron chi connectivity index (χ0n) is 16.6. The summed E-state index contributed by atoms with van der Waals surface area (Å²) < 4.78 is 11.4. The molecule has 0 aliphatic carbocycles. The highest BCUT2D eigenvalue weighted by Crippen LogP contribution is 2.32. The fraction of sp³-hybridized carbons (Fsp3) is 0.524. The van der Waals surface area contributed by atoms with Gasteiger partial charge >= 0.3 is 0 Å². The maximum Gasteiger partial charge on any atom is 0.229 e. The molecule has 0 bridgehead atoms. The predicted molar refractivity (Wildman–Crippen MR) is 109 cm³/mol. The van der Waals surface area contributed by atoms with Gasteiger partial charge in [0.1, 0.15) is 30.2 Å². The van der Waals surface area contributed by atoms with Crippen LogP contribution in [0.1, 0.15) is 12.5 Å². The Kier molecular flexibility index (Phi) is 7.28. The highest BCUT2D eigenvalue weighted by molar-refractivity contribution is 5.89. The number of aliphatic hydroxyl groups is 4. The van der Waals surface area contributed by atoms with Crippen molar-refractivity contribution < 1.29 is 29.9 Å². The van der Waals surface area contributed by atoms with Gasteiger partial charge in [-0.25, -0.2) is 0 Å². The molecule has 1 aliphatic rings. The van der Waals surface area contributed by atoms with Gasteiger partial charge < -0.3 is 34.9 Å². The van der Waals surface area contributed by atoms with Crippen LogP contribution in [0.15, 0.2) is 37.1 Å². The van der Waals surface area contributed by atoms with Gasteiger partial charge in [0.25, 0.3) is 0 Å². The number of aromatic nitrogens is 1. The van der Waals surface area contributed by atoms with Crippen LogP contribution in [0.2, 0.25) is 0 Å². The average Bonchev–Trinajstić information content (AvgIpc) is 3.15. The Morgan fingerprint density at radius 2 is 2.03 bits per heavy atom. The van der Waals surface area contributed by atoms with Gasteiger partial charge in [-0.2, -0.15) is 0 Å². The topological polar surface area (TPSA) is 118 Å². The molecule has 8 heteroatoms. The lowest BCUT2D eigenvalue weighted by Gasteiger charge is -2.39. The second kappa shape index (κ2) is 9.71. The van der Waals surface area contributed by atoms with Gasteiger partial charge in [-0.05, 0) is 30.7 Å². The normalized spacial score (nSPS) is 27.4. The fourth-order valence-corrected chi connectivity index (χ4v) is 3.64. The zero-order valence-corrected chi connectivity index (χ0v) is 16.6. The van der Waals surface area contributed by atoms with Crippen molar-refractivity contribution in [3.05, 3.63) is 42.6 Å². The summed E-state index contributed by atoms with van der Waals surface area (Å²) in [4.78, 5) is 5.51. The number of hydrogen-bond acceptors (Lipinski definition) is 7. The summed E-state index contributed by atoms with van der Waals surface area (Å²) in [6.07, 6.45) is -1.97. The summed E-state index contributed by atoms with van der Waals surface area (Å²) in [5.74, 6) is 0.495. The van der Waals surface area contributed by atoms with Crippen LogP contribution in [-0.2, 0) is 11.2 Å². The number of aliphatic hydroxyl groups excluding tert-OH is 4. The molecule has 1 aliphatic heterocycles. The van der Waals surface area contributed by atoms with Crippen molar-refractivity contribution in [2.45, 2.75) is 44.1 Å². The molecule has 1 fully saturated rings. The molecule has 1 aromatic heterocycles. The Balaban J connectivity index is 1.82. The number of ether oxygens (including phenoxy) is 2. The molecule has 8 nitrogen and oxygen atoms in total. The highest BCUT2D eigenvalue weighted by Gasteiger charge is 2.44. The lowest BCUT2D eigenvalue weighted by molar-refractivity contribution is -0.277. The molecule has 0 radical (unpaired) electrons. The van der Waals surface area contributed by atoms with Crippen LogP contribution in [-0.4, -0.2) is 87.3 Å². The van der Waals surface area contributed by atoms with Gasteiger partial charge in [0.05, 0.1) is 6.61 Å². The summed E-state index contributed by atoms with van der Waals surface area (Å²) in [6.45, 7) is 7.98. The van der Waals surface area contributed by atoms with E-state index in [4.69, 9.17) is 9.47 Å². The molecule has 3 rings (SSSR count). The number of benzene rings is 1. The second-order valence-electron chi connectivity index (χ2n) is 7.24. The van der Waals surface area contributed by atoms with Crippen molar-refractivity contribution in [1.29, 1.82) is 0 Å². The van der Waals surface area contributed by atoms with Crippen molar-refractivity contribution in [3.63, 3.8) is 0 Å². The van der Waals surface area contributed by atoms with E-state index in [0.717, 1.165) is 42.5 Å². The SMILES string of the molecule is C=CCN(CC)CCc1c[nH]c2cccc(OC3OC(CO)C(O)C(O)C3O)c12. The highest BCUT2D eigenvalue weighted by atomic mass is 16.7. The van der Waals surface area contributed by atoms with Crippen LogP contribution in [0.25, 0.3) is 10.9 Å². The molecule has 5 N–H and O–H groups in total. The molecule has 1 saturated heterocycles. The van der Waals surface area contributed by atoms with E-state index in [-0.39, 0.29) is 0 Å². The lowest BCUT2D eigenvalue weighted by Crippen LogP contribution is -2.60. The minimum Gasteiger partial charge on any atom is -0.461 e. The van der Waals surface area contributed by atoms with Gasteiger partial charge in [0.15, 0.2) is 0 Å². The number of fused-ring (bicyclic) bond motifs is 1. The number of aromatic amines is 1. The molecule has 29 heavy (non-hydrogen) atoms. The Morgan fingerprint density at radius 3 is 2.72 bits per heavy atom. The summed E-state index contributed by atoms with van der Waals surface area (Å²) in [6, 6.07) is 5.51. The van der Waals surface area contributed by atoms with E-state index in [2.05, 4.69) is 23.4 Å². The third-order valence-electron chi connectivity index (χ3n) is 5.37. The van der Waals surface area contributed by atoms with Crippen molar-refractivity contribution in [2.24, 2.45) is 0 Å². The van der Waals surface area contributed by atoms with Gasteiger partial charge in [0.2, 0.25) is 6.29 Å². The van der Waals surface area contributed by atoms with E-state index >= 15 is 0 Å². The summed E-state index contributed by atoms with van der Waals surface area (Å²) in [5, 5.41) is 40.5.